The van der Waals surface area contributed by atoms with Gasteiger partial charge in [-0.3, -0.25) is 0 Å². The Labute approximate surface area is 204 Å². The number of aromatic nitrogens is 4. The standard InChI is InChI=1S/C28H18N4S2/c1-3-11-19(12-4-1)25-27(31-23-17-9-7-15-21(23)29-25)33-34-28-26(20-13-5-2-6-14-20)30-22-16-8-10-18-24(22)32-28/h1-18H. The van der Waals surface area contributed by atoms with Crippen LogP contribution in [0.5, 0.6) is 0 Å². The van der Waals surface area contributed by atoms with Gasteiger partial charge < -0.3 is 0 Å². The zero-order valence-electron chi connectivity index (χ0n) is 18.0. The summed E-state index contributed by atoms with van der Waals surface area (Å²) in [5.74, 6) is 0. The van der Waals surface area contributed by atoms with Crippen molar-refractivity contribution in [1.82, 2.24) is 19.9 Å². The van der Waals surface area contributed by atoms with Crippen LogP contribution >= 0.6 is 21.6 Å². The van der Waals surface area contributed by atoms with E-state index < -0.39 is 0 Å². The lowest BCUT2D eigenvalue weighted by atomic mass is 10.1. The molecule has 6 aromatic rings. The summed E-state index contributed by atoms with van der Waals surface area (Å²) < 4.78 is 0. The molecule has 162 valence electrons. The van der Waals surface area contributed by atoms with Crippen LogP contribution in [0.25, 0.3) is 44.6 Å². The molecule has 0 unspecified atom stereocenters. The summed E-state index contributed by atoms with van der Waals surface area (Å²) in [6.07, 6.45) is 0. The highest BCUT2D eigenvalue weighted by atomic mass is 33.1. The van der Waals surface area contributed by atoms with E-state index in [1.807, 2.05) is 84.9 Å². The molecule has 4 aromatic carbocycles. The Morgan fingerprint density at radius 3 is 1.06 bits per heavy atom. The highest BCUT2D eigenvalue weighted by Gasteiger charge is 2.16. The molecule has 0 aliphatic carbocycles. The van der Waals surface area contributed by atoms with E-state index in [4.69, 9.17) is 19.9 Å². The lowest BCUT2D eigenvalue weighted by Crippen LogP contribution is -1.95. The fourth-order valence-corrected chi connectivity index (χ4v) is 5.82. The van der Waals surface area contributed by atoms with Crippen LogP contribution in [0.3, 0.4) is 0 Å². The third-order valence-corrected chi connectivity index (χ3v) is 7.54. The van der Waals surface area contributed by atoms with Crippen LogP contribution in [-0.2, 0) is 0 Å². The van der Waals surface area contributed by atoms with E-state index in [2.05, 4.69) is 24.3 Å². The fraction of sp³-hybridized carbons (Fsp3) is 0. The van der Waals surface area contributed by atoms with Gasteiger partial charge in [-0.05, 0) is 45.9 Å². The van der Waals surface area contributed by atoms with Crippen molar-refractivity contribution in [2.24, 2.45) is 0 Å². The minimum atomic E-state index is 0.851. The Morgan fingerprint density at radius 2 is 0.676 bits per heavy atom. The normalized spacial score (nSPS) is 11.2. The Bertz CT molecular complexity index is 1480. The van der Waals surface area contributed by atoms with E-state index >= 15 is 0 Å². The number of rotatable bonds is 5. The van der Waals surface area contributed by atoms with Crippen molar-refractivity contribution in [2.75, 3.05) is 0 Å². The largest absolute Gasteiger partial charge is 0.243 e. The number of nitrogens with zero attached hydrogens (tertiary/aromatic N) is 4. The molecule has 0 amide bonds. The van der Waals surface area contributed by atoms with Crippen LogP contribution < -0.4 is 0 Å². The molecule has 0 aliphatic heterocycles. The first-order valence-corrected chi connectivity index (χ1v) is 13.0. The van der Waals surface area contributed by atoms with E-state index in [-0.39, 0.29) is 0 Å². The monoisotopic (exact) mass is 474 g/mol. The molecule has 2 heterocycles. The summed E-state index contributed by atoms with van der Waals surface area (Å²) in [5.41, 5.74) is 7.32. The lowest BCUT2D eigenvalue weighted by Gasteiger charge is -2.11. The average molecular weight is 475 g/mol. The topological polar surface area (TPSA) is 51.6 Å². The van der Waals surface area contributed by atoms with E-state index in [1.165, 1.54) is 0 Å². The Kier molecular flexibility index (Phi) is 5.67. The van der Waals surface area contributed by atoms with Crippen molar-refractivity contribution in [1.29, 1.82) is 0 Å². The van der Waals surface area contributed by atoms with Crippen LogP contribution in [0.2, 0.25) is 0 Å². The molecule has 0 bridgehead atoms. The molecule has 4 nitrogen and oxygen atoms in total. The predicted octanol–water partition coefficient (Wildman–Crippen LogP) is 7.71. The molecule has 0 radical (unpaired) electrons. The van der Waals surface area contributed by atoms with Gasteiger partial charge in [0.15, 0.2) is 0 Å². The number of hydrogen-bond acceptors (Lipinski definition) is 6. The zero-order chi connectivity index (χ0) is 22.7. The molecular weight excluding hydrogens is 456 g/mol. The molecule has 0 saturated carbocycles. The first kappa shape index (κ1) is 20.8. The Balaban J connectivity index is 1.45. The van der Waals surface area contributed by atoms with Gasteiger partial charge in [0.2, 0.25) is 0 Å². The van der Waals surface area contributed by atoms with Gasteiger partial charge in [-0.25, -0.2) is 19.9 Å². The molecule has 0 atom stereocenters. The minimum Gasteiger partial charge on any atom is -0.243 e. The molecule has 6 heteroatoms. The Morgan fingerprint density at radius 1 is 0.353 bits per heavy atom. The van der Waals surface area contributed by atoms with Gasteiger partial charge in [0.25, 0.3) is 0 Å². The number of fused-ring (bicyclic) bond motifs is 2. The van der Waals surface area contributed by atoms with Crippen molar-refractivity contribution < 1.29 is 0 Å². The fourth-order valence-electron chi connectivity index (χ4n) is 3.73. The van der Waals surface area contributed by atoms with E-state index in [0.29, 0.717) is 0 Å². The summed E-state index contributed by atoms with van der Waals surface area (Å²) in [7, 11) is 3.14. The minimum absolute atomic E-state index is 0.851. The second kappa shape index (κ2) is 9.25. The number of benzene rings is 4. The van der Waals surface area contributed by atoms with Crippen LogP contribution in [0.1, 0.15) is 0 Å². The Hall–Kier alpha value is -3.74. The smallest absolute Gasteiger partial charge is 0.134 e. The molecule has 0 saturated heterocycles. The maximum Gasteiger partial charge on any atom is 0.134 e. The van der Waals surface area contributed by atoms with E-state index in [1.54, 1.807) is 21.6 Å². The van der Waals surface area contributed by atoms with Crippen LogP contribution in [0, 0.1) is 0 Å². The van der Waals surface area contributed by atoms with Gasteiger partial charge in [0.1, 0.15) is 21.4 Å². The molecular formula is C28H18N4S2. The quantitative estimate of drug-likeness (QED) is 0.239. The summed E-state index contributed by atoms with van der Waals surface area (Å²) >= 11 is 0. The van der Waals surface area contributed by atoms with Crippen LogP contribution in [0.15, 0.2) is 119 Å². The summed E-state index contributed by atoms with van der Waals surface area (Å²) in [6.45, 7) is 0. The first-order valence-electron chi connectivity index (χ1n) is 10.8. The van der Waals surface area contributed by atoms with Gasteiger partial charge in [-0.2, -0.15) is 0 Å². The van der Waals surface area contributed by atoms with Crippen LogP contribution in [0.4, 0.5) is 0 Å². The molecule has 0 N–H and O–H groups in total. The molecule has 34 heavy (non-hydrogen) atoms. The molecule has 0 fully saturated rings. The molecule has 6 rings (SSSR count). The highest BCUT2D eigenvalue weighted by molar-refractivity contribution is 8.76. The first-order chi connectivity index (χ1) is 16.8. The second-order valence-corrected chi connectivity index (χ2v) is 9.74. The van der Waals surface area contributed by atoms with Crippen molar-refractivity contribution in [2.45, 2.75) is 10.1 Å². The van der Waals surface area contributed by atoms with Crippen molar-refractivity contribution >= 4 is 43.7 Å². The molecule has 0 aliphatic rings. The van der Waals surface area contributed by atoms with Gasteiger partial charge >= 0.3 is 0 Å². The van der Waals surface area contributed by atoms with E-state index in [0.717, 1.165) is 54.6 Å². The summed E-state index contributed by atoms with van der Waals surface area (Å²) in [6, 6.07) is 36.3. The van der Waals surface area contributed by atoms with Crippen molar-refractivity contribution in [3.8, 4) is 22.5 Å². The van der Waals surface area contributed by atoms with Gasteiger partial charge in [-0.15, -0.1) is 0 Å². The van der Waals surface area contributed by atoms with Crippen molar-refractivity contribution in [3.63, 3.8) is 0 Å². The molecule has 2 aromatic heterocycles. The van der Waals surface area contributed by atoms with E-state index in [9.17, 15) is 0 Å². The zero-order valence-corrected chi connectivity index (χ0v) is 19.6. The second-order valence-electron chi connectivity index (χ2n) is 7.63. The van der Waals surface area contributed by atoms with Gasteiger partial charge in [-0.1, -0.05) is 84.9 Å². The third-order valence-electron chi connectivity index (χ3n) is 5.37. The number of para-hydroxylation sites is 4. The molecule has 0 spiro atoms. The highest BCUT2D eigenvalue weighted by Crippen LogP contribution is 2.43. The lowest BCUT2D eigenvalue weighted by molar-refractivity contribution is 1.13. The maximum atomic E-state index is 4.96. The summed E-state index contributed by atoms with van der Waals surface area (Å²) in [5, 5.41) is 1.70. The van der Waals surface area contributed by atoms with Crippen LogP contribution in [-0.4, -0.2) is 19.9 Å². The van der Waals surface area contributed by atoms with Crippen molar-refractivity contribution in [3.05, 3.63) is 109 Å². The maximum absolute atomic E-state index is 4.96. The van der Waals surface area contributed by atoms with Gasteiger partial charge in [0.05, 0.1) is 22.1 Å². The number of hydrogen-bond donors (Lipinski definition) is 0. The van der Waals surface area contributed by atoms with Gasteiger partial charge in [0, 0.05) is 11.1 Å². The average Bonchev–Trinajstić information content (AvgIpc) is 2.92. The SMILES string of the molecule is c1ccc(-c2nc3ccccc3nc2SSc2nc3ccccc3nc2-c2ccccc2)cc1. The predicted molar refractivity (Wildman–Crippen MR) is 142 cm³/mol. The summed E-state index contributed by atoms with van der Waals surface area (Å²) in [4.78, 5) is 19.8. The third kappa shape index (κ3) is 4.14.